The molecule has 3 nitrogen and oxygen atoms in total. The van der Waals surface area contributed by atoms with Crippen LogP contribution in [-0.4, -0.2) is 12.0 Å². The molecule has 0 bridgehead atoms. The van der Waals surface area contributed by atoms with E-state index in [4.69, 9.17) is 27.9 Å². The second-order valence-electron chi connectivity index (χ2n) is 5.58. The molecule has 1 unspecified atom stereocenters. The van der Waals surface area contributed by atoms with Crippen molar-refractivity contribution in [2.45, 2.75) is 19.4 Å². The average Bonchev–Trinajstić information content (AvgIpc) is 2.63. The minimum absolute atomic E-state index is 0.264. The molecule has 25 heavy (non-hydrogen) atoms. The van der Waals surface area contributed by atoms with E-state index in [0.29, 0.717) is 27.9 Å². The minimum Gasteiger partial charge on any atom is -0.480 e. The van der Waals surface area contributed by atoms with Gasteiger partial charge in [-0.05, 0) is 30.0 Å². The largest absolute Gasteiger partial charge is 0.480 e. The summed E-state index contributed by atoms with van der Waals surface area (Å²) in [5.41, 5.74) is 0.471. The second kappa shape index (κ2) is 7.77. The molecule has 3 aromatic rings. The number of benzene rings is 3. The zero-order valence-corrected chi connectivity index (χ0v) is 15.1. The van der Waals surface area contributed by atoms with Gasteiger partial charge in [0.1, 0.15) is 5.75 Å². The van der Waals surface area contributed by atoms with Crippen LogP contribution < -0.4 is 10.1 Å². The van der Waals surface area contributed by atoms with E-state index >= 15 is 0 Å². The van der Waals surface area contributed by atoms with Crippen molar-refractivity contribution in [1.82, 2.24) is 0 Å². The number of fused-ring (bicyclic) bond motifs is 1. The molecule has 128 valence electrons. The monoisotopic (exact) mass is 373 g/mol. The Morgan fingerprint density at radius 2 is 1.76 bits per heavy atom. The standard InChI is InChI=1S/C20H17Cl2NO2/c1-2-17(20(24)23-16-11-6-10-15(21)19(16)22)25-18-12-5-8-13-7-3-4-9-14(13)18/h3-12,17H,2H2,1H3,(H,23,24). The Morgan fingerprint density at radius 1 is 1.04 bits per heavy atom. The molecular weight excluding hydrogens is 357 g/mol. The molecule has 0 saturated carbocycles. The predicted octanol–water partition coefficient (Wildman–Crippen LogP) is 5.94. The van der Waals surface area contributed by atoms with E-state index in [0.717, 1.165) is 10.8 Å². The minimum atomic E-state index is -0.638. The van der Waals surface area contributed by atoms with Gasteiger partial charge in [0.15, 0.2) is 6.10 Å². The van der Waals surface area contributed by atoms with Crippen molar-refractivity contribution >= 4 is 45.6 Å². The third-order valence-electron chi connectivity index (χ3n) is 3.89. The summed E-state index contributed by atoms with van der Waals surface area (Å²) in [6.45, 7) is 1.90. The zero-order valence-electron chi connectivity index (χ0n) is 13.6. The lowest BCUT2D eigenvalue weighted by Crippen LogP contribution is -2.32. The quantitative estimate of drug-likeness (QED) is 0.600. The molecule has 1 atom stereocenters. The van der Waals surface area contributed by atoms with Gasteiger partial charge < -0.3 is 10.1 Å². The number of hydrogen-bond donors (Lipinski definition) is 1. The highest BCUT2D eigenvalue weighted by atomic mass is 35.5. The van der Waals surface area contributed by atoms with E-state index in [9.17, 15) is 4.79 Å². The first kappa shape index (κ1) is 17.6. The molecule has 0 aliphatic heterocycles. The van der Waals surface area contributed by atoms with Gasteiger partial charge in [-0.2, -0.15) is 0 Å². The van der Waals surface area contributed by atoms with E-state index in [-0.39, 0.29) is 5.91 Å². The summed E-state index contributed by atoms with van der Waals surface area (Å²) in [5, 5.41) is 5.53. The van der Waals surface area contributed by atoms with E-state index in [1.807, 2.05) is 49.4 Å². The predicted molar refractivity (Wildman–Crippen MR) is 104 cm³/mol. The average molecular weight is 374 g/mol. The Balaban J connectivity index is 1.82. The molecular formula is C20H17Cl2NO2. The number of halogens is 2. The van der Waals surface area contributed by atoms with Crippen molar-refractivity contribution < 1.29 is 9.53 Å². The first-order valence-corrected chi connectivity index (χ1v) is 8.75. The topological polar surface area (TPSA) is 38.3 Å². The molecule has 0 fully saturated rings. The molecule has 0 aliphatic carbocycles. The molecule has 1 N–H and O–H groups in total. The van der Waals surface area contributed by atoms with Gasteiger partial charge in [-0.3, -0.25) is 4.79 Å². The maximum absolute atomic E-state index is 12.6. The van der Waals surface area contributed by atoms with E-state index < -0.39 is 6.10 Å². The third kappa shape index (κ3) is 3.89. The first-order valence-electron chi connectivity index (χ1n) is 7.99. The van der Waals surface area contributed by atoms with Gasteiger partial charge in [0.25, 0.3) is 5.91 Å². The van der Waals surface area contributed by atoms with Crippen LogP contribution in [0.15, 0.2) is 60.7 Å². The number of hydrogen-bond acceptors (Lipinski definition) is 2. The lowest BCUT2D eigenvalue weighted by atomic mass is 10.1. The molecule has 3 rings (SSSR count). The van der Waals surface area contributed by atoms with Gasteiger partial charge in [-0.15, -0.1) is 0 Å². The van der Waals surface area contributed by atoms with Gasteiger partial charge in [-0.25, -0.2) is 0 Å². The van der Waals surface area contributed by atoms with Crippen molar-refractivity contribution in [3.8, 4) is 5.75 Å². The summed E-state index contributed by atoms with van der Waals surface area (Å²) in [5.74, 6) is 0.414. The van der Waals surface area contributed by atoms with Crippen LogP contribution in [0, 0.1) is 0 Å². The molecule has 3 aromatic carbocycles. The Bertz CT molecular complexity index is 906. The lowest BCUT2D eigenvalue weighted by Gasteiger charge is -2.19. The summed E-state index contributed by atoms with van der Waals surface area (Å²) in [4.78, 5) is 12.6. The third-order valence-corrected chi connectivity index (χ3v) is 4.71. The van der Waals surface area contributed by atoms with Crippen LogP contribution in [0.5, 0.6) is 5.75 Å². The van der Waals surface area contributed by atoms with Gasteiger partial charge in [0, 0.05) is 5.39 Å². The van der Waals surface area contributed by atoms with E-state index in [1.54, 1.807) is 18.2 Å². The smallest absolute Gasteiger partial charge is 0.265 e. The molecule has 0 aromatic heterocycles. The van der Waals surface area contributed by atoms with Gasteiger partial charge in [0.05, 0.1) is 15.7 Å². The maximum atomic E-state index is 12.6. The second-order valence-corrected chi connectivity index (χ2v) is 6.37. The fraction of sp³-hybridized carbons (Fsp3) is 0.150. The van der Waals surface area contributed by atoms with Crippen LogP contribution in [0.3, 0.4) is 0 Å². The van der Waals surface area contributed by atoms with Crippen LogP contribution in [0.1, 0.15) is 13.3 Å². The Labute approximate surface area is 156 Å². The number of amides is 1. The summed E-state index contributed by atoms with van der Waals surface area (Å²) in [7, 11) is 0. The molecule has 5 heteroatoms. The fourth-order valence-electron chi connectivity index (χ4n) is 2.59. The number of ether oxygens (including phenoxy) is 1. The van der Waals surface area contributed by atoms with Gasteiger partial charge in [-0.1, -0.05) is 72.6 Å². The summed E-state index contributed by atoms with van der Waals surface area (Å²) in [6.07, 6.45) is -0.117. The van der Waals surface area contributed by atoms with Crippen molar-refractivity contribution in [3.63, 3.8) is 0 Å². The van der Waals surface area contributed by atoms with Crippen LogP contribution in [-0.2, 0) is 4.79 Å². The highest BCUT2D eigenvalue weighted by Gasteiger charge is 2.20. The molecule has 0 radical (unpaired) electrons. The summed E-state index contributed by atoms with van der Waals surface area (Å²) in [6, 6.07) is 18.8. The van der Waals surface area contributed by atoms with Gasteiger partial charge >= 0.3 is 0 Å². The molecule has 0 spiro atoms. The number of anilines is 1. The number of carbonyl (C=O) groups excluding carboxylic acids is 1. The van der Waals surface area contributed by atoms with Crippen molar-refractivity contribution in [3.05, 3.63) is 70.7 Å². The van der Waals surface area contributed by atoms with Crippen molar-refractivity contribution in [2.75, 3.05) is 5.32 Å². The zero-order chi connectivity index (χ0) is 17.8. The number of nitrogens with one attached hydrogen (secondary N) is 1. The Morgan fingerprint density at radius 3 is 2.56 bits per heavy atom. The molecule has 0 saturated heterocycles. The van der Waals surface area contributed by atoms with Crippen LogP contribution >= 0.6 is 23.2 Å². The Hall–Kier alpha value is -2.23. The Kier molecular flexibility index (Phi) is 5.47. The lowest BCUT2D eigenvalue weighted by molar-refractivity contribution is -0.122. The maximum Gasteiger partial charge on any atom is 0.265 e. The summed E-state index contributed by atoms with van der Waals surface area (Å²) < 4.78 is 5.99. The molecule has 0 heterocycles. The van der Waals surface area contributed by atoms with Crippen molar-refractivity contribution in [1.29, 1.82) is 0 Å². The molecule has 0 aliphatic rings. The van der Waals surface area contributed by atoms with Crippen LogP contribution in [0.25, 0.3) is 10.8 Å². The highest BCUT2D eigenvalue weighted by Crippen LogP contribution is 2.30. The highest BCUT2D eigenvalue weighted by molar-refractivity contribution is 6.44. The fourth-order valence-corrected chi connectivity index (χ4v) is 2.94. The van der Waals surface area contributed by atoms with Crippen LogP contribution in [0.4, 0.5) is 5.69 Å². The first-order chi connectivity index (χ1) is 12.1. The van der Waals surface area contributed by atoms with Crippen LogP contribution in [0.2, 0.25) is 10.0 Å². The van der Waals surface area contributed by atoms with Crippen molar-refractivity contribution in [2.24, 2.45) is 0 Å². The van der Waals surface area contributed by atoms with E-state index in [1.165, 1.54) is 0 Å². The SMILES string of the molecule is CCC(Oc1cccc2ccccc12)C(=O)Nc1cccc(Cl)c1Cl. The number of carbonyl (C=O) groups is 1. The number of rotatable bonds is 5. The molecule has 1 amide bonds. The summed E-state index contributed by atoms with van der Waals surface area (Å²) >= 11 is 12.1. The van der Waals surface area contributed by atoms with E-state index in [2.05, 4.69) is 5.32 Å². The normalized spacial score (nSPS) is 12.0. The van der Waals surface area contributed by atoms with Gasteiger partial charge in [0.2, 0.25) is 0 Å².